The standard InChI is InChI=1S/C27H32N4O3/c1-30(21-11-6-3-7-12-21)24(32)13-8-16-34-22-14-15-23-20(17-22)18-31-25(19-9-4-2-5-10-19)26(33)29-27(31)28-23/h2,4-5,9-10,14-15,17,21,25H,3,6-8,11-13,16,18H2,1H3,(H,28,29,33). The van der Waals surface area contributed by atoms with Crippen LogP contribution in [0.4, 0.5) is 5.69 Å². The Morgan fingerprint density at radius 1 is 1.15 bits per heavy atom. The number of carbonyl (C=O) groups excluding carboxylic acids is 2. The molecule has 1 atom stereocenters. The summed E-state index contributed by atoms with van der Waals surface area (Å²) in [7, 11) is 1.94. The van der Waals surface area contributed by atoms with Gasteiger partial charge in [0.05, 0.1) is 12.3 Å². The molecule has 2 fully saturated rings. The van der Waals surface area contributed by atoms with E-state index in [1.54, 1.807) is 0 Å². The van der Waals surface area contributed by atoms with E-state index in [0.29, 0.717) is 38.0 Å². The molecule has 7 heteroatoms. The Kier molecular flexibility index (Phi) is 6.52. The predicted octanol–water partition coefficient (Wildman–Crippen LogP) is 4.31. The quantitative estimate of drug-likeness (QED) is 0.625. The van der Waals surface area contributed by atoms with Crippen molar-refractivity contribution in [3.05, 3.63) is 59.7 Å². The minimum atomic E-state index is -0.384. The van der Waals surface area contributed by atoms with Gasteiger partial charge in [-0.25, -0.2) is 4.99 Å². The van der Waals surface area contributed by atoms with Gasteiger partial charge in [-0.15, -0.1) is 0 Å². The Morgan fingerprint density at radius 2 is 1.94 bits per heavy atom. The Labute approximate surface area is 200 Å². The van der Waals surface area contributed by atoms with Gasteiger partial charge in [0.1, 0.15) is 11.8 Å². The molecule has 0 radical (unpaired) electrons. The highest BCUT2D eigenvalue weighted by molar-refractivity contribution is 6.08. The number of nitrogens with one attached hydrogen (secondary N) is 1. The second-order valence-electron chi connectivity index (χ2n) is 9.40. The molecule has 1 aliphatic carbocycles. The zero-order chi connectivity index (χ0) is 23.5. The number of hydrogen-bond donors (Lipinski definition) is 1. The Hall–Kier alpha value is -3.35. The Balaban J connectivity index is 1.17. The Morgan fingerprint density at radius 3 is 2.74 bits per heavy atom. The fourth-order valence-electron chi connectivity index (χ4n) is 5.19. The van der Waals surface area contributed by atoms with Crippen LogP contribution in [0, 0.1) is 0 Å². The molecule has 2 aromatic carbocycles. The number of guanidine groups is 1. The molecule has 34 heavy (non-hydrogen) atoms. The normalized spacial score (nSPS) is 19.7. The molecule has 1 saturated carbocycles. The summed E-state index contributed by atoms with van der Waals surface area (Å²) in [5, 5.41) is 2.91. The maximum Gasteiger partial charge on any atom is 0.254 e. The number of ether oxygens (including phenoxy) is 1. The van der Waals surface area contributed by atoms with Gasteiger partial charge in [-0.1, -0.05) is 49.6 Å². The lowest BCUT2D eigenvalue weighted by atomic mass is 9.94. The van der Waals surface area contributed by atoms with Gasteiger partial charge in [-0.3, -0.25) is 14.9 Å². The molecule has 0 spiro atoms. The number of carbonyl (C=O) groups is 2. The highest BCUT2D eigenvalue weighted by Crippen LogP contribution is 2.36. The van der Waals surface area contributed by atoms with E-state index in [1.165, 1.54) is 19.3 Å². The third kappa shape index (κ3) is 4.65. The van der Waals surface area contributed by atoms with Gasteiger partial charge < -0.3 is 14.5 Å². The van der Waals surface area contributed by atoms with E-state index >= 15 is 0 Å². The van der Waals surface area contributed by atoms with Gasteiger partial charge >= 0.3 is 0 Å². The topological polar surface area (TPSA) is 74.2 Å². The third-order valence-electron chi connectivity index (χ3n) is 7.12. The van der Waals surface area contributed by atoms with Crippen LogP contribution in [0.3, 0.4) is 0 Å². The lowest BCUT2D eigenvalue weighted by molar-refractivity contribution is -0.132. The van der Waals surface area contributed by atoms with Crippen molar-refractivity contribution < 1.29 is 14.3 Å². The van der Waals surface area contributed by atoms with Gasteiger partial charge in [-0.05, 0) is 43.0 Å². The zero-order valence-electron chi connectivity index (χ0n) is 19.7. The number of rotatable bonds is 7. The minimum Gasteiger partial charge on any atom is -0.494 e. The first-order valence-corrected chi connectivity index (χ1v) is 12.3. The first-order chi connectivity index (χ1) is 16.6. The number of nitrogens with zero attached hydrogens (tertiary/aromatic N) is 3. The molecule has 2 aliphatic heterocycles. The molecule has 0 bridgehead atoms. The summed E-state index contributed by atoms with van der Waals surface area (Å²) in [5.74, 6) is 1.51. The van der Waals surface area contributed by atoms with E-state index in [9.17, 15) is 9.59 Å². The van der Waals surface area contributed by atoms with Crippen molar-refractivity contribution in [2.45, 2.75) is 63.6 Å². The molecule has 5 rings (SSSR count). The highest BCUT2D eigenvalue weighted by atomic mass is 16.5. The molecule has 1 saturated heterocycles. The van der Waals surface area contributed by atoms with Gasteiger partial charge in [0, 0.05) is 31.6 Å². The molecule has 2 aromatic rings. The van der Waals surface area contributed by atoms with Gasteiger partial charge in [0.25, 0.3) is 5.91 Å². The lowest BCUT2D eigenvalue weighted by Gasteiger charge is -2.31. The van der Waals surface area contributed by atoms with Gasteiger partial charge in [0.15, 0.2) is 0 Å². The summed E-state index contributed by atoms with van der Waals surface area (Å²) < 4.78 is 5.97. The van der Waals surface area contributed by atoms with Crippen molar-refractivity contribution in [1.82, 2.24) is 15.1 Å². The van der Waals surface area contributed by atoms with Crippen LogP contribution in [0.2, 0.25) is 0 Å². The van der Waals surface area contributed by atoms with Crippen LogP contribution in [-0.4, -0.2) is 47.3 Å². The van der Waals surface area contributed by atoms with E-state index < -0.39 is 0 Å². The van der Waals surface area contributed by atoms with Crippen LogP contribution in [0.25, 0.3) is 0 Å². The summed E-state index contributed by atoms with van der Waals surface area (Å²) in [4.78, 5) is 33.8. The largest absolute Gasteiger partial charge is 0.494 e. The molecule has 178 valence electrons. The van der Waals surface area contributed by atoms with Crippen molar-refractivity contribution in [2.75, 3.05) is 13.7 Å². The van der Waals surface area contributed by atoms with Crippen molar-refractivity contribution in [3.8, 4) is 5.75 Å². The van der Waals surface area contributed by atoms with Crippen LogP contribution in [0.15, 0.2) is 53.5 Å². The van der Waals surface area contributed by atoms with Gasteiger partial charge in [-0.2, -0.15) is 0 Å². The highest BCUT2D eigenvalue weighted by Gasteiger charge is 2.40. The SMILES string of the molecule is CN(C(=O)CCCOc1ccc2c(c1)CN1C(=N2)NC(=O)C1c1ccccc1)C1CCCCC1. The zero-order valence-corrected chi connectivity index (χ0v) is 19.7. The molecular weight excluding hydrogens is 428 g/mol. The lowest BCUT2D eigenvalue weighted by Crippen LogP contribution is -2.38. The summed E-state index contributed by atoms with van der Waals surface area (Å²) in [5.41, 5.74) is 2.81. The first-order valence-electron chi connectivity index (χ1n) is 12.3. The van der Waals surface area contributed by atoms with Crippen LogP contribution in [0.1, 0.15) is 62.1 Å². The fraction of sp³-hybridized carbons (Fsp3) is 0.444. The third-order valence-corrected chi connectivity index (χ3v) is 7.12. The predicted molar refractivity (Wildman–Crippen MR) is 131 cm³/mol. The molecule has 2 heterocycles. The van der Waals surface area contributed by atoms with E-state index in [0.717, 1.165) is 35.4 Å². The Bertz CT molecular complexity index is 1080. The molecular formula is C27H32N4O3. The summed E-state index contributed by atoms with van der Waals surface area (Å²) >= 11 is 0. The summed E-state index contributed by atoms with van der Waals surface area (Å²) in [6.45, 7) is 1.07. The fourth-order valence-corrected chi connectivity index (χ4v) is 5.19. The average molecular weight is 461 g/mol. The monoisotopic (exact) mass is 460 g/mol. The summed E-state index contributed by atoms with van der Waals surface area (Å²) in [6, 6.07) is 15.6. The van der Waals surface area contributed by atoms with E-state index in [-0.39, 0.29) is 17.9 Å². The van der Waals surface area contributed by atoms with Crippen molar-refractivity contribution in [1.29, 1.82) is 0 Å². The molecule has 0 aromatic heterocycles. The second-order valence-corrected chi connectivity index (χ2v) is 9.40. The smallest absolute Gasteiger partial charge is 0.254 e. The van der Waals surface area contributed by atoms with Crippen molar-refractivity contribution in [3.63, 3.8) is 0 Å². The van der Waals surface area contributed by atoms with Crippen LogP contribution < -0.4 is 10.1 Å². The van der Waals surface area contributed by atoms with Crippen LogP contribution >= 0.6 is 0 Å². The molecule has 1 N–H and O–H groups in total. The van der Waals surface area contributed by atoms with Crippen LogP contribution in [-0.2, 0) is 16.1 Å². The number of fused-ring (bicyclic) bond motifs is 2. The number of aliphatic imine (C=N–C) groups is 1. The van der Waals surface area contributed by atoms with Crippen molar-refractivity contribution >= 4 is 23.5 Å². The van der Waals surface area contributed by atoms with E-state index in [2.05, 4.69) is 10.3 Å². The summed E-state index contributed by atoms with van der Waals surface area (Å²) in [6.07, 6.45) is 7.19. The van der Waals surface area contributed by atoms with E-state index in [1.807, 2.05) is 65.4 Å². The van der Waals surface area contributed by atoms with Gasteiger partial charge in [0.2, 0.25) is 11.9 Å². The van der Waals surface area contributed by atoms with Crippen molar-refractivity contribution in [2.24, 2.45) is 4.99 Å². The number of hydrogen-bond acceptors (Lipinski definition) is 5. The maximum atomic E-state index is 12.6. The van der Waals surface area contributed by atoms with Crippen LogP contribution in [0.5, 0.6) is 5.75 Å². The minimum absolute atomic E-state index is 0.0582. The molecule has 2 amide bonds. The first kappa shape index (κ1) is 22.4. The average Bonchev–Trinajstić information content (AvgIpc) is 3.19. The number of benzene rings is 2. The molecule has 3 aliphatic rings. The number of amides is 2. The maximum absolute atomic E-state index is 12.6. The second kappa shape index (κ2) is 9.87. The van der Waals surface area contributed by atoms with E-state index in [4.69, 9.17) is 4.74 Å². The molecule has 1 unspecified atom stereocenters. The molecule has 7 nitrogen and oxygen atoms in total.